The van der Waals surface area contributed by atoms with E-state index in [-0.39, 0.29) is 0 Å². The molecule has 0 radical (unpaired) electrons. The highest BCUT2D eigenvalue weighted by atomic mass is 79.9. The molecule has 1 unspecified atom stereocenters. The van der Waals surface area contributed by atoms with Crippen LogP contribution in [-0.2, 0) is 4.74 Å². The van der Waals surface area contributed by atoms with Gasteiger partial charge < -0.3 is 10.1 Å². The molecule has 0 amide bonds. The van der Waals surface area contributed by atoms with Gasteiger partial charge in [0.25, 0.3) is 0 Å². The zero-order valence-corrected chi connectivity index (χ0v) is 12.1. The predicted molar refractivity (Wildman–Crippen MR) is 71.4 cm³/mol. The number of ether oxygens (including phenoxy) is 1. The highest BCUT2D eigenvalue weighted by Crippen LogP contribution is 2.30. The van der Waals surface area contributed by atoms with Crippen molar-refractivity contribution in [3.63, 3.8) is 0 Å². The topological polar surface area (TPSA) is 21.3 Å². The maximum absolute atomic E-state index is 5.35. The summed E-state index contributed by atoms with van der Waals surface area (Å²) < 4.78 is 7.47. The molecule has 1 atom stereocenters. The van der Waals surface area contributed by atoms with Crippen molar-refractivity contribution in [1.82, 2.24) is 0 Å². The van der Waals surface area contributed by atoms with Gasteiger partial charge in [-0.15, -0.1) is 0 Å². The van der Waals surface area contributed by atoms with Crippen molar-refractivity contribution >= 4 is 37.5 Å². The molecule has 0 aromatic heterocycles. The number of hydrogen-bond acceptors (Lipinski definition) is 2. The van der Waals surface area contributed by atoms with Crippen LogP contribution >= 0.6 is 31.9 Å². The third kappa shape index (κ3) is 4.13. The fourth-order valence-electron chi connectivity index (χ4n) is 1.22. The van der Waals surface area contributed by atoms with Gasteiger partial charge in [0.2, 0.25) is 0 Å². The fraction of sp³-hybridized carbons (Fsp3) is 0.455. The van der Waals surface area contributed by atoms with E-state index in [2.05, 4.69) is 44.1 Å². The van der Waals surface area contributed by atoms with Gasteiger partial charge in [-0.3, -0.25) is 0 Å². The molecule has 0 heterocycles. The maximum atomic E-state index is 5.35. The lowest BCUT2D eigenvalue weighted by molar-refractivity contribution is 0.141. The smallest absolute Gasteiger partial charge is 0.0664 e. The van der Waals surface area contributed by atoms with Crippen LogP contribution in [0.2, 0.25) is 0 Å². The minimum absolute atomic E-state index is 0.292. The van der Waals surface area contributed by atoms with E-state index in [0.717, 1.165) is 21.2 Å². The number of rotatable bonds is 5. The van der Waals surface area contributed by atoms with E-state index < -0.39 is 0 Å². The Morgan fingerprint density at radius 2 is 1.93 bits per heavy atom. The Bertz CT molecular complexity index is 297. The molecule has 0 bridgehead atoms. The van der Waals surface area contributed by atoms with Gasteiger partial charge in [-0.1, -0.05) is 6.07 Å². The lowest BCUT2D eigenvalue weighted by atomic mass is 10.3. The van der Waals surface area contributed by atoms with E-state index in [4.69, 9.17) is 4.74 Å². The van der Waals surface area contributed by atoms with Gasteiger partial charge in [0.05, 0.1) is 12.3 Å². The lowest BCUT2D eigenvalue weighted by Crippen LogP contribution is -2.22. The summed E-state index contributed by atoms with van der Waals surface area (Å²) in [4.78, 5) is 0. The molecular weight excluding hydrogens is 322 g/mol. The molecule has 1 aromatic carbocycles. The van der Waals surface area contributed by atoms with Gasteiger partial charge in [-0.05, 0) is 57.8 Å². The Kier molecular flexibility index (Phi) is 5.64. The van der Waals surface area contributed by atoms with Gasteiger partial charge in [0.15, 0.2) is 0 Å². The maximum Gasteiger partial charge on any atom is 0.0664 e. The summed E-state index contributed by atoms with van der Waals surface area (Å²) in [6.07, 6.45) is 0. The van der Waals surface area contributed by atoms with Crippen molar-refractivity contribution in [3.05, 3.63) is 27.1 Å². The Balaban J connectivity index is 2.63. The molecule has 1 N–H and O–H groups in total. The Hall–Kier alpha value is -0.0600. The molecule has 4 heteroatoms. The van der Waals surface area contributed by atoms with Crippen molar-refractivity contribution in [2.75, 3.05) is 18.5 Å². The number of nitrogens with one attached hydrogen (secondary N) is 1. The first-order chi connectivity index (χ1) is 7.15. The number of hydrogen-bond donors (Lipinski definition) is 1. The molecule has 0 aliphatic heterocycles. The Morgan fingerprint density at radius 1 is 1.33 bits per heavy atom. The van der Waals surface area contributed by atoms with Crippen molar-refractivity contribution in [2.24, 2.45) is 0 Å². The Labute approximate surface area is 108 Å². The monoisotopic (exact) mass is 335 g/mol. The Morgan fingerprint density at radius 3 is 2.47 bits per heavy atom. The minimum atomic E-state index is 0.292. The average Bonchev–Trinajstić information content (AvgIpc) is 2.21. The first-order valence-corrected chi connectivity index (χ1v) is 6.52. The molecule has 0 spiro atoms. The quantitative estimate of drug-likeness (QED) is 0.875. The SMILES string of the molecule is CCOCC(C)Nc1c(Br)cccc1Br. The fourth-order valence-corrected chi connectivity index (χ4v) is 2.45. The minimum Gasteiger partial charge on any atom is -0.380 e. The van der Waals surface area contributed by atoms with Crippen molar-refractivity contribution in [1.29, 1.82) is 0 Å². The van der Waals surface area contributed by atoms with Crippen molar-refractivity contribution in [3.8, 4) is 0 Å². The highest BCUT2D eigenvalue weighted by Gasteiger charge is 2.07. The highest BCUT2D eigenvalue weighted by molar-refractivity contribution is 9.11. The number of anilines is 1. The third-order valence-corrected chi connectivity index (χ3v) is 3.25. The molecule has 0 aliphatic rings. The van der Waals surface area contributed by atoms with E-state index in [0.29, 0.717) is 12.6 Å². The standard InChI is InChI=1S/C11H15Br2NO/c1-3-15-7-8(2)14-11-9(12)5-4-6-10(11)13/h4-6,8,14H,3,7H2,1-2H3. The second-order valence-electron chi connectivity index (χ2n) is 3.30. The zero-order chi connectivity index (χ0) is 11.3. The summed E-state index contributed by atoms with van der Waals surface area (Å²) in [6.45, 7) is 5.57. The third-order valence-electron chi connectivity index (χ3n) is 1.93. The second-order valence-corrected chi connectivity index (χ2v) is 5.01. The van der Waals surface area contributed by atoms with E-state index in [1.165, 1.54) is 0 Å². The van der Waals surface area contributed by atoms with Crippen LogP contribution in [0.25, 0.3) is 0 Å². The molecule has 2 nitrogen and oxygen atoms in total. The average molecular weight is 337 g/mol. The molecule has 1 rings (SSSR count). The molecule has 1 aromatic rings. The van der Waals surface area contributed by atoms with Crippen LogP contribution in [0.15, 0.2) is 27.1 Å². The first-order valence-electron chi connectivity index (χ1n) is 4.93. The van der Waals surface area contributed by atoms with Crippen LogP contribution < -0.4 is 5.32 Å². The molecule has 0 aliphatic carbocycles. The summed E-state index contributed by atoms with van der Waals surface area (Å²) in [5.74, 6) is 0. The molecule has 0 fully saturated rings. The van der Waals surface area contributed by atoms with E-state index >= 15 is 0 Å². The number of halogens is 2. The summed E-state index contributed by atoms with van der Waals surface area (Å²) in [6, 6.07) is 6.31. The summed E-state index contributed by atoms with van der Waals surface area (Å²) >= 11 is 7.02. The summed E-state index contributed by atoms with van der Waals surface area (Å²) in [5.41, 5.74) is 1.07. The van der Waals surface area contributed by atoms with Gasteiger partial charge in [0.1, 0.15) is 0 Å². The number of benzene rings is 1. The van der Waals surface area contributed by atoms with E-state index in [9.17, 15) is 0 Å². The van der Waals surface area contributed by atoms with E-state index in [1.54, 1.807) is 0 Å². The van der Waals surface area contributed by atoms with Crippen LogP contribution in [-0.4, -0.2) is 19.3 Å². The molecule has 84 valence electrons. The summed E-state index contributed by atoms with van der Waals surface area (Å²) in [5, 5.41) is 3.39. The number of para-hydroxylation sites is 1. The van der Waals surface area contributed by atoms with Gasteiger partial charge in [0, 0.05) is 21.6 Å². The second kappa shape index (κ2) is 6.51. The zero-order valence-electron chi connectivity index (χ0n) is 8.89. The normalized spacial score (nSPS) is 12.5. The van der Waals surface area contributed by atoms with Gasteiger partial charge >= 0.3 is 0 Å². The first kappa shape index (κ1) is 13.0. The van der Waals surface area contributed by atoms with Crippen LogP contribution in [0.5, 0.6) is 0 Å². The van der Waals surface area contributed by atoms with Crippen LogP contribution in [0, 0.1) is 0 Å². The van der Waals surface area contributed by atoms with E-state index in [1.807, 2.05) is 25.1 Å². The summed E-state index contributed by atoms with van der Waals surface area (Å²) in [7, 11) is 0. The lowest BCUT2D eigenvalue weighted by Gasteiger charge is -2.17. The largest absolute Gasteiger partial charge is 0.380 e. The molecular formula is C11H15Br2NO. The van der Waals surface area contributed by atoms with Gasteiger partial charge in [-0.2, -0.15) is 0 Å². The molecule has 0 saturated carbocycles. The van der Waals surface area contributed by atoms with Crippen molar-refractivity contribution < 1.29 is 4.74 Å². The van der Waals surface area contributed by atoms with Gasteiger partial charge in [-0.25, -0.2) is 0 Å². The molecule has 0 saturated heterocycles. The van der Waals surface area contributed by atoms with Crippen LogP contribution in [0.1, 0.15) is 13.8 Å². The van der Waals surface area contributed by atoms with Crippen molar-refractivity contribution in [2.45, 2.75) is 19.9 Å². The predicted octanol–water partition coefficient (Wildman–Crippen LogP) is 4.05. The molecule has 15 heavy (non-hydrogen) atoms. The van der Waals surface area contributed by atoms with Crippen LogP contribution in [0.3, 0.4) is 0 Å². The van der Waals surface area contributed by atoms with Crippen LogP contribution in [0.4, 0.5) is 5.69 Å².